The molecule has 2 N–H and O–H groups in total. The van der Waals surface area contributed by atoms with Crippen LogP contribution in [0.2, 0.25) is 5.02 Å². The van der Waals surface area contributed by atoms with Gasteiger partial charge in [0.05, 0.1) is 10.7 Å². The van der Waals surface area contributed by atoms with Crippen LogP contribution in [0.25, 0.3) is 11.3 Å². The Kier molecular flexibility index (Phi) is 6.35. The summed E-state index contributed by atoms with van der Waals surface area (Å²) >= 11 is 6.03. The number of benzene rings is 1. The maximum absolute atomic E-state index is 13.7. The summed E-state index contributed by atoms with van der Waals surface area (Å²) in [5.41, 5.74) is 7.82. The van der Waals surface area contributed by atoms with Crippen molar-refractivity contribution in [2.24, 2.45) is 0 Å². The molecule has 2 saturated heterocycles. The number of nitriles is 1. The number of aromatic nitrogens is 4. The number of nitrogens with two attached hydrogens (primary N) is 1. The number of piperidine rings is 1. The quantitative estimate of drug-likeness (QED) is 0.574. The molecule has 2 fully saturated rings. The van der Waals surface area contributed by atoms with Gasteiger partial charge in [0.2, 0.25) is 0 Å². The molecule has 5 rings (SSSR count). The second-order valence-corrected chi connectivity index (χ2v) is 9.24. The number of hydrogen-bond donors (Lipinski definition) is 1. The molecule has 0 radical (unpaired) electrons. The Morgan fingerprint density at radius 2 is 1.94 bits per heavy atom. The molecule has 2 aromatic heterocycles. The Bertz CT molecular complexity index is 1220. The minimum absolute atomic E-state index is 0.0971. The highest BCUT2D eigenvalue weighted by Crippen LogP contribution is 2.33. The summed E-state index contributed by atoms with van der Waals surface area (Å²) in [6, 6.07) is 6.87. The highest BCUT2D eigenvalue weighted by molar-refractivity contribution is 6.31. The van der Waals surface area contributed by atoms with Gasteiger partial charge < -0.3 is 20.1 Å². The molecule has 0 amide bonds. The lowest BCUT2D eigenvalue weighted by Crippen LogP contribution is -2.39. The molecule has 8 nitrogen and oxygen atoms in total. The number of nitrogen functional groups attached to an aromatic ring is 1. The molecule has 2 aliphatic heterocycles. The van der Waals surface area contributed by atoms with Crippen LogP contribution in [0, 0.1) is 17.1 Å². The minimum Gasteiger partial charge on any atom is -0.382 e. The molecule has 0 unspecified atom stereocenters. The van der Waals surface area contributed by atoms with E-state index < -0.39 is 5.82 Å². The lowest BCUT2D eigenvalue weighted by atomic mass is 9.95. The molecule has 1 aromatic carbocycles. The van der Waals surface area contributed by atoms with Gasteiger partial charge in [0.25, 0.3) is 0 Å². The summed E-state index contributed by atoms with van der Waals surface area (Å²) in [4.78, 5) is 17.8. The van der Waals surface area contributed by atoms with E-state index in [4.69, 9.17) is 22.3 Å². The zero-order valence-corrected chi connectivity index (χ0v) is 19.5. The van der Waals surface area contributed by atoms with Crippen LogP contribution in [0.4, 0.5) is 16.0 Å². The van der Waals surface area contributed by atoms with E-state index in [2.05, 4.69) is 36.6 Å². The van der Waals surface area contributed by atoms with Gasteiger partial charge >= 0.3 is 0 Å². The monoisotopic (exact) mass is 480 g/mol. The van der Waals surface area contributed by atoms with Gasteiger partial charge in [0, 0.05) is 43.9 Å². The molecule has 0 aliphatic carbocycles. The average Bonchev–Trinajstić information content (AvgIpc) is 3.24. The number of hydrogen-bond acceptors (Lipinski definition) is 7. The van der Waals surface area contributed by atoms with E-state index in [0.717, 1.165) is 69.2 Å². The topological polar surface area (TPSA) is 99.9 Å². The van der Waals surface area contributed by atoms with Crippen LogP contribution in [0.3, 0.4) is 0 Å². The molecule has 0 saturated carbocycles. The van der Waals surface area contributed by atoms with E-state index >= 15 is 0 Å². The van der Waals surface area contributed by atoms with Crippen molar-refractivity contribution in [1.29, 1.82) is 5.26 Å². The zero-order valence-electron chi connectivity index (χ0n) is 18.8. The third-order valence-electron chi connectivity index (χ3n) is 6.76. The van der Waals surface area contributed by atoms with Crippen LogP contribution >= 0.6 is 11.6 Å². The van der Waals surface area contributed by atoms with Gasteiger partial charge in [-0.25, -0.2) is 19.3 Å². The summed E-state index contributed by atoms with van der Waals surface area (Å²) in [5.74, 6) is 1.67. The first kappa shape index (κ1) is 22.6. The summed E-state index contributed by atoms with van der Waals surface area (Å²) in [7, 11) is 0. The smallest absolute Gasteiger partial charge is 0.152 e. The minimum atomic E-state index is -0.433. The fourth-order valence-corrected chi connectivity index (χ4v) is 4.85. The van der Waals surface area contributed by atoms with Gasteiger partial charge in [-0.1, -0.05) is 11.6 Å². The van der Waals surface area contributed by atoms with Crippen molar-refractivity contribution < 1.29 is 4.39 Å². The number of imidazole rings is 1. The molecule has 0 spiro atoms. The summed E-state index contributed by atoms with van der Waals surface area (Å²) in [6.07, 6.45) is 6.47. The maximum Gasteiger partial charge on any atom is 0.152 e. The predicted octanol–water partition coefficient (Wildman–Crippen LogP) is 3.68. The second kappa shape index (κ2) is 9.57. The molecule has 34 heavy (non-hydrogen) atoms. The van der Waals surface area contributed by atoms with E-state index in [1.165, 1.54) is 18.8 Å². The largest absolute Gasteiger partial charge is 0.382 e. The van der Waals surface area contributed by atoms with Gasteiger partial charge in [0.15, 0.2) is 5.82 Å². The number of rotatable bonds is 6. The molecular weight excluding hydrogens is 455 g/mol. The normalized spacial score (nSPS) is 16.9. The highest BCUT2D eigenvalue weighted by atomic mass is 35.5. The molecule has 0 bridgehead atoms. The molecular formula is C24H26ClFN8. The van der Waals surface area contributed by atoms with Gasteiger partial charge in [-0.05, 0) is 50.6 Å². The lowest BCUT2D eigenvalue weighted by Gasteiger charge is -2.34. The number of halogens is 2. The lowest BCUT2D eigenvalue weighted by molar-refractivity contribution is 0.173. The van der Waals surface area contributed by atoms with E-state index in [0.29, 0.717) is 11.4 Å². The predicted molar refractivity (Wildman–Crippen MR) is 129 cm³/mol. The van der Waals surface area contributed by atoms with Crippen molar-refractivity contribution in [3.8, 4) is 17.3 Å². The molecule has 3 aromatic rings. The van der Waals surface area contributed by atoms with Crippen molar-refractivity contribution >= 4 is 23.2 Å². The van der Waals surface area contributed by atoms with Crippen molar-refractivity contribution in [2.45, 2.75) is 31.7 Å². The first-order chi connectivity index (χ1) is 16.5. The van der Waals surface area contributed by atoms with E-state index in [1.807, 2.05) is 0 Å². The molecule has 176 valence electrons. The van der Waals surface area contributed by atoms with Crippen LogP contribution in [0.15, 0.2) is 30.7 Å². The second-order valence-electron chi connectivity index (χ2n) is 8.83. The van der Waals surface area contributed by atoms with Crippen LogP contribution in [0.1, 0.15) is 36.6 Å². The standard InChI is InChI=1S/C24H26ClFN8/c25-19-12-17(2-3-20(19)26)21-14-34(11-10-32-6-1-7-32)23(31-21)16-4-8-33(9-5-16)24-18(13-27)22(28)29-15-30-24/h2-3,12,14-16H,1,4-11H2,(H2,28,29,30). The van der Waals surface area contributed by atoms with Crippen molar-refractivity contribution in [1.82, 2.24) is 24.4 Å². The molecule has 4 heterocycles. The SMILES string of the molecule is N#Cc1c(N)ncnc1N1CCC(c2nc(-c3ccc(F)c(Cl)c3)cn2CCN2CCC2)CC1. The Morgan fingerprint density at radius 3 is 2.62 bits per heavy atom. The van der Waals surface area contributed by atoms with Crippen molar-refractivity contribution in [2.75, 3.05) is 43.4 Å². The molecule has 2 aliphatic rings. The fourth-order valence-electron chi connectivity index (χ4n) is 4.67. The van der Waals surface area contributed by atoms with E-state index in [-0.39, 0.29) is 16.8 Å². The van der Waals surface area contributed by atoms with Crippen molar-refractivity contribution in [3.63, 3.8) is 0 Å². The number of nitrogens with zero attached hydrogens (tertiary/aromatic N) is 7. The van der Waals surface area contributed by atoms with Gasteiger partial charge in [-0.15, -0.1) is 0 Å². The van der Waals surface area contributed by atoms with Gasteiger partial charge in [-0.2, -0.15) is 5.26 Å². The van der Waals surface area contributed by atoms with Crippen LogP contribution < -0.4 is 10.6 Å². The number of anilines is 2. The first-order valence-electron chi connectivity index (χ1n) is 11.5. The Balaban J connectivity index is 1.38. The van der Waals surface area contributed by atoms with Crippen LogP contribution in [-0.2, 0) is 6.54 Å². The summed E-state index contributed by atoms with van der Waals surface area (Å²) < 4.78 is 15.9. The Labute approximate surface area is 202 Å². The first-order valence-corrected chi connectivity index (χ1v) is 11.9. The summed E-state index contributed by atoms with van der Waals surface area (Å²) in [5, 5.41) is 9.58. The maximum atomic E-state index is 13.7. The summed E-state index contributed by atoms with van der Waals surface area (Å²) in [6.45, 7) is 5.62. The van der Waals surface area contributed by atoms with Gasteiger partial charge in [0.1, 0.15) is 35.4 Å². The van der Waals surface area contributed by atoms with Crippen LogP contribution in [-0.4, -0.2) is 57.1 Å². The molecule has 10 heteroatoms. The number of likely N-dealkylation sites (tertiary alicyclic amines) is 1. The van der Waals surface area contributed by atoms with Gasteiger partial charge in [-0.3, -0.25) is 0 Å². The highest BCUT2D eigenvalue weighted by Gasteiger charge is 2.28. The third-order valence-corrected chi connectivity index (χ3v) is 7.05. The Morgan fingerprint density at radius 1 is 1.15 bits per heavy atom. The average molecular weight is 481 g/mol. The van der Waals surface area contributed by atoms with Crippen LogP contribution in [0.5, 0.6) is 0 Å². The van der Waals surface area contributed by atoms with Crippen molar-refractivity contribution in [3.05, 3.63) is 53.0 Å². The zero-order chi connectivity index (χ0) is 23.7. The fraction of sp³-hybridized carbons (Fsp3) is 0.417. The molecule has 0 atom stereocenters. The van der Waals surface area contributed by atoms with E-state index in [9.17, 15) is 9.65 Å². The van der Waals surface area contributed by atoms with E-state index in [1.54, 1.807) is 12.1 Å². The Hall–Kier alpha value is -3.22. The third kappa shape index (κ3) is 4.43.